The third kappa shape index (κ3) is 1.48. The van der Waals surface area contributed by atoms with Crippen molar-refractivity contribution >= 4 is 5.97 Å². The van der Waals surface area contributed by atoms with E-state index in [1.165, 1.54) is 0 Å². The Bertz CT molecular complexity index is 410. The standard InChI is InChI=1S/C12H14O3/c1-7-4-5-9-8(2)6-15-12(13)10(9)11(7)14-3/h4-5,8H,6H2,1-3H3. The van der Waals surface area contributed by atoms with Crippen molar-refractivity contribution in [3.8, 4) is 5.75 Å². The molecule has 0 bridgehead atoms. The minimum atomic E-state index is -0.274. The van der Waals surface area contributed by atoms with Crippen molar-refractivity contribution in [1.29, 1.82) is 0 Å². The highest BCUT2D eigenvalue weighted by atomic mass is 16.5. The topological polar surface area (TPSA) is 35.5 Å². The van der Waals surface area contributed by atoms with E-state index in [2.05, 4.69) is 0 Å². The van der Waals surface area contributed by atoms with Crippen molar-refractivity contribution in [2.24, 2.45) is 0 Å². The molecule has 1 aromatic carbocycles. The number of ether oxygens (including phenoxy) is 2. The van der Waals surface area contributed by atoms with Crippen molar-refractivity contribution in [2.75, 3.05) is 13.7 Å². The molecule has 1 atom stereocenters. The van der Waals surface area contributed by atoms with Gasteiger partial charge in [-0.3, -0.25) is 0 Å². The Morgan fingerprint density at radius 3 is 2.87 bits per heavy atom. The first kappa shape index (κ1) is 10.0. The van der Waals surface area contributed by atoms with Crippen LogP contribution in [0.3, 0.4) is 0 Å². The minimum Gasteiger partial charge on any atom is -0.496 e. The number of carbonyl (C=O) groups excluding carboxylic acids is 1. The van der Waals surface area contributed by atoms with Crippen LogP contribution in [0.1, 0.15) is 34.3 Å². The van der Waals surface area contributed by atoms with Gasteiger partial charge in [0.1, 0.15) is 11.3 Å². The summed E-state index contributed by atoms with van der Waals surface area (Å²) in [6, 6.07) is 3.96. The molecule has 2 rings (SSSR count). The summed E-state index contributed by atoms with van der Waals surface area (Å²) in [7, 11) is 1.58. The van der Waals surface area contributed by atoms with E-state index in [-0.39, 0.29) is 11.9 Å². The molecule has 1 unspecified atom stereocenters. The molecule has 0 amide bonds. The fourth-order valence-electron chi connectivity index (χ4n) is 1.95. The third-order valence-corrected chi connectivity index (χ3v) is 2.79. The molecule has 0 N–H and O–H groups in total. The number of cyclic esters (lactones) is 1. The first-order valence-corrected chi connectivity index (χ1v) is 4.99. The second kappa shape index (κ2) is 3.57. The number of esters is 1. The lowest BCUT2D eigenvalue weighted by atomic mass is 9.92. The van der Waals surface area contributed by atoms with Gasteiger partial charge in [-0.05, 0) is 18.1 Å². The van der Waals surface area contributed by atoms with Crippen LogP contribution in [0.4, 0.5) is 0 Å². The minimum absolute atomic E-state index is 0.243. The summed E-state index contributed by atoms with van der Waals surface area (Å²) < 4.78 is 10.4. The number of methoxy groups -OCH3 is 1. The normalized spacial score (nSPS) is 19.4. The molecule has 0 fully saturated rings. The zero-order chi connectivity index (χ0) is 11.0. The van der Waals surface area contributed by atoms with Gasteiger partial charge in [0.05, 0.1) is 13.7 Å². The zero-order valence-corrected chi connectivity index (χ0v) is 9.16. The highest BCUT2D eigenvalue weighted by Crippen LogP contribution is 2.34. The fraction of sp³-hybridized carbons (Fsp3) is 0.417. The van der Waals surface area contributed by atoms with Crippen molar-refractivity contribution in [1.82, 2.24) is 0 Å². The van der Waals surface area contributed by atoms with Gasteiger partial charge in [-0.25, -0.2) is 4.79 Å². The predicted octanol–water partition coefficient (Wildman–Crippen LogP) is 2.28. The number of hydrogen-bond donors (Lipinski definition) is 0. The van der Waals surface area contributed by atoms with Crippen LogP contribution < -0.4 is 4.74 Å². The maximum Gasteiger partial charge on any atom is 0.342 e. The third-order valence-electron chi connectivity index (χ3n) is 2.79. The molecule has 1 aromatic rings. The Kier molecular flexibility index (Phi) is 2.39. The van der Waals surface area contributed by atoms with Gasteiger partial charge in [0.2, 0.25) is 0 Å². The Labute approximate surface area is 89.0 Å². The highest BCUT2D eigenvalue weighted by molar-refractivity contribution is 5.96. The fourth-order valence-corrected chi connectivity index (χ4v) is 1.95. The van der Waals surface area contributed by atoms with Crippen LogP contribution >= 0.6 is 0 Å². The van der Waals surface area contributed by atoms with E-state index >= 15 is 0 Å². The van der Waals surface area contributed by atoms with Crippen LogP contribution in [0.2, 0.25) is 0 Å². The average molecular weight is 206 g/mol. The predicted molar refractivity (Wildman–Crippen MR) is 56.4 cm³/mol. The van der Waals surface area contributed by atoms with Gasteiger partial charge in [-0.15, -0.1) is 0 Å². The Hall–Kier alpha value is -1.51. The van der Waals surface area contributed by atoms with E-state index in [1.807, 2.05) is 26.0 Å². The first-order valence-electron chi connectivity index (χ1n) is 4.99. The smallest absolute Gasteiger partial charge is 0.342 e. The summed E-state index contributed by atoms with van der Waals surface area (Å²) in [4.78, 5) is 11.7. The lowest BCUT2D eigenvalue weighted by Crippen LogP contribution is -2.22. The maximum atomic E-state index is 11.7. The number of fused-ring (bicyclic) bond motifs is 1. The molecule has 0 saturated carbocycles. The van der Waals surface area contributed by atoms with Crippen molar-refractivity contribution in [2.45, 2.75) is 19.8 Å². The van der Waals surface area contributed by atoms with E-state index in [1.54, 1.807) is 7.11 Å². The molecule has 3 heteroatoms. The largest absolute Gasteiger partial charge is 0.496 e. The summed E-state index contributed by atoms with van der Waals surface area (Å²) in [5.41, 5.74) is 2.58. The molecular weight excluding hydrogens is 192 g/mol. The summed E-state index contributed by atoms with van der Waals surface area (Å²) in [5, 5.41) is 0. The number of benzene rings is 1. The number of aryl methyl sites for hydroxylation is 1. The van der Waals surface area contributed by atoms with Crippen LogP contribution in [0, 0.1) is 6.92 Å². The highest BCUT2D eigenvalue weighted by Gasteiger charge is 2.28. The summed E-state index contributed by atoms with van der Waals surface area (Å²) in [6.07, 6.45) is 0. The quantitative estimate of drug-likeness (QED) is 0.661. The summed E-state index contributed by atoms with van der Waals surface area (Å²) in [5.74, 6) is 0.611. The van der Waals surface area contributed by atoms with Crippen molar-refractivity contribution < 1.29 is 14.3 Å². The summed E-state index contributed by atoms with van der Waals surface area (Å²) >= 11 is 0. The molecule has 3 nitrogen and oxygen atoms in total. The molecule has 0 radical (unpaired) electrons. The van der Waals surface area contributed by atoms with Gasteiger partial charge in [0.15, 0.2) is 0 Å². The molecule has 0 spiro atoms. The summed E-state index contributed by atoms with van der Waals surface area (Å²) in [6.45, 7) is 4.42. The lowest BCUT2D eigenvalue weighted by Gasteiger charge is -2.24. The van der Waals surface area contributed by atoms with Crippen molar-refractivity contribution in [3.63, 3.8) is 0 Å². The second-order valence-corrected chi connectivity index (χ2v) is 3.88. The van der Waals surface area contributed by atoms with E-state index < -0.39 is 0 Å². The maximum absolute atomic E-state index is 11.7. The van der Waals surface area contributed by atoms with E-state index in [4.69, 9.17) is 9.47 Å². The van der Waals surface area contributed by atoms with Gasteiger partial charge >= 0.3 is 5.97 Å². The Morgan fingerprint density at radius 1 is 1.47 bits per heavy atom. The van der Waals surface area contributed by atoms with E-state index in [0.29, 0.717) is 17.9 Å². The molecule has 1 aliphatic heterocycles. The molecule has 0 saturated heterocycles. The molecular formula is C12H14O3. The molecule has 1 heterocycles. The van der Waals surface area contributed by atoms with Crippen LogP contribution in [-0.4, -0.2) is 19.7 Å². The van der Waals surface area contributed by atoms with E-state index in [9.17, 15) is 4.79 Å². The first-order chi connectivity index (χ1) is 7.15. The second-order valence-electron chi connectivity index (χ2n) is 3.88. The molecule has 1 aliphatic rings. The SMILES string of the molecule is COc1c(C)ccc2c1C(=O)OCC2C. The van der Waals surface area contributed by atoms with Crippen LogP contribution in [-0.2, 0) is 4.74 Å². The lowest BCUT2D eigenvalue weighted by molar-refractivity contribution is 0.0444. The van der Waals surface area contributed by atoms with Gasteiger partial charge in [-0.2, -0.15) is 0 Å². The molecule has 80 valence electrons. The number of rotatable bonds is 1. The number of carbonyl (C=O) groups is 1. The zero-order valence-electron chi connectivity index (χ0n) is 9.16. The van der Waals surface area contributed by atoms with Gasteiger partial charge in [0, 0.05) is 5.92 Å². The van der Waals surface area contributed by atoms with Gasteiger partial charge in [0.25, 0.3) is 0 Å². The van der Waals surface area contributed by atoms with Crippen LogP contribution in [0.25, 0.3) is 0 Å². The molecule has 0 aliphatic carbocycles. The molecule has 0 aromatic heterocycles. The van der Waals surface area contributed by atoms with Crippen LogP contribution in [0.5, 0.6) is 5.75 Å². The average Bonchev–Trinajstić information content (AvgIpc) is 2.23. The van der Waals surface area contributed by atoms with Crippen molar-refractivity contribution in [3.05, 3.63) is 28.8 Å². The Morgan fingerprint density at radius 2 is 2.20 bits per heavy atom. The van der Waals surface area contributed by atoms with E-state index in [0.717, 1.165) is 11.1 Å². The molecule has 15 heavy (non-hydrogen) atoms. The number of hydrogen-bond acceptors (Lipinski definition) is 3. The van der Waals surface area contributed by atoms with Gasteiger partial charge < -0.3 is 9.47 Å². The monoisotopic (exact) mass is 206 g/mol. The van der Waals surface area contributed by atoms with Gasteiger partial charge in [-0.1, -0.05) is 19.1 Å². The Balaban J connectivity index is 2.67. The van der Waals surface area contributed by atoms with Crippen LogP contribution in [0.15, 0.2) is 12.1 Å².